The first-order valence-electron chi connectivity index (χ1n) is 6.73. The van der Waals surface area contributed by atoms with Crippen LogP contribution in [0.5, 0.6) is 0 Å². The lowest BCUT2D eigenvalue weighted by Crippen LogP contribution is -2.07. The quantitative estimate of drug-likeness (QED) is 0.609. The molecule has 0 saturated heterocycles. The van der Waals surface area contributed by atoms with Gasteiger partial charge in [-0.15, -0.1) is 0 Å². The van der Waals surface area contributed by atoms with Crippen molar-refractivity contribution in [3.63, 3.8) is 0 Å². The topological polar surface area (TPSA) is 29.1 Å². The summed E-state index contributed by atoms with van der Waals surface area (Å²) in [4.78, 5) is 12.1. The molecule has 0 atom stereocenters. The van der Waals surface area contributed by atoms with E-state index >= 15 is 0 Å². The van der Waals surface area contributed by atoms with Gasteiger partial charge in [0.15, 0.2) is 0 Å². The number of rotatable bonds is 4. The number of anilines is 1. The van der Waals surface area contributed by atoms with Crippen LogP contribution in [0.4, 0.5) is 18.9 Å². The summed E-state index contributed by atoms with van der Waals surface area (Å²) < 4.78 is 37.8. The van der Waals surface area contributed by atoms with Crippen LogP contribution in [-0.4, -0.2) is 5.91 Å². The smallest absolute Gasteiger partial charge is 0.322 e. The van der Waals surface area contributed by atoms with Crippen LogP contribution in [0.3, 0.4) is 0 Å². The number of benzene rings is 2. The highest BCUT2D eigenvalue weighted by atomic mass is 32.2. The predicted octanol–water partition coefficient (Wildman–Crippen LogP) is 5.26. The lowest BCUT2D eigenvalue weighted by Gasteiger charge is -2.07. The molecule has 2 aromatic rings. The van der Waals surface area contributed by atoms with Gasteiger partial charge in [0.2, 0.25) is 5.91 Å². The van der Waals surface area contributed by atoms with Crippen molar-refractivity contribution in [1.82, 2.24) is 0 Å². The number of hydrogen-bond donors (Lipinski definition) is 1. The Labute approximate surface area is 136 Å². The van der Waals surface area contributed by atoms with E-state index in [4.69, 9.17) is 0 Å². The molecule has 0 spiro atoms. The minimum Gasteiger partial charge on any atom is -0.322 e. The summed E-state index contributed by atoms with van der Waals surface area (Å²) in [7, 11) is 0. The zero-order chi connectivity index (χ0) is 16.9. The lowest BCUT2D eigenvalue weighted by molar-refractivity contribution is -0.137. The van der Waals surface area contributed by atoms with E-state index in [9.17, 15) is 18.0 Å². The number of carbonyl (C=O) groups is 1. The van der Waals surface area contributed by atoms with Gasteiger partial charge in [0.1, 0.15) is 0 Å². The molecule has 2 nitrogen and oxygen atoms in total. The third-order valence-corrected chi connectivity index (χ3v) is 3.70. The first-order chi connectivity index (χ1) is 10.8. The van der Waals surface area contributed by atoms with E-state index in [1.807, 2.05) is 19.1 Å². The summed E-state index contributed by atoms with van der Waals surface area (Å²) in [5.74, 6) is -0.340. The molecule has 0 aliphatic heterocycles. The molecular weight excluding hydrogens is 323 g/mol. The highest BCUT2D eigenvalue weighted by Crippen LogP contribution is 2.32. The third kappa shape index (κ3) is 5.49. The molecule has 120 valence electrons. The van der Waals surface area contributed by atoms with Gasteiger partial charge in [0.25, 0.3) is 0 Å². The zero-order valence-electron chi connectivity index (χ0n) is 12.2. The fraction of sp³-hybridized carbons (Fsp3) is 0.118. The van der Waals surface area contributed by atoms with E-state index in [1.54, 1.807) is 18.2 Å². The molecule has 0 aliphatic rings. The fourth-order valence-corrected chi connectivity index (χ4v) is 2.44. The highest BCUT2D eigenvalue weighted by molar-refractivity contribution is 8.02. The molecule has 0 fully saturated rings. The van der Waals surface area contributed by atoms with Gasteiger partial charge >= 0.3 is 6.18 Å². The maximum absolute atomic E-state index is 12.6. The molecule has 0 aromatic heterocycles. The second-order valence-corrected chi connectivity index (χ2v) is 5.78. The van der Waals surface area contributed by atoms with E-state index < -0.39 is 11.7 Å². The number of carbonyl (C=O) groups excluding carboxylic acids is 1. The van der Waals surface area contributed by atoms with Gasteiger partial charge in [-0.1, -0.05) is 35.5 Å². The Bertz CT molecular complexity index is 709. The number of alkyl halides is 3. The van der Waals surface area contributed by atoms with E-state index in [0.29, 0.717) is 10.6 Å². The summed E-state index contributed by atoms with van der Waals surface area (Å²) in [6.07, 6.45) is -3.09. The van der Waals surface area contributed by atoms with E-state index in [-0.39, 0.29) is 5.91 Å². The molecule has 1 amide bonds. The SMILES string of the molecule is Cc1ccc(NC(=O)/C=C\Sc2cccc(C(F)(F)F)c2)cc1. The molecular formula is C17H14F3NOS. The lowest BCUT2D eigenvalue weighted by atomic mass is 10.2. The highest BCUT2D eigenvalue weighted by Gasteiger charge is 2.30. The molecule has 0 aliphatic carbocycles. The number of halogens is 3. The summed E-state index contributed by atoms with van der Waals surface area (Å²) in [5, 5.41) is 4.13. The normalized spacial score (nSPS) is 11.7. The van der Waals surface area contributed by atoms with Crippen molar-refractivity contribution in [2.75, 3.05) is 5.32 Å². The van der Waals surface area contributed by atoms with Crippen LogP contribution in [0.25, 0.3) is 0 Å². The average molecular weight is 337 g/mol. The molecule has 0 radical (unpaired) electrons. The largest absolute Gasteiger partial charge is 0.416 e. The number of amides is 1. The van der Waals surface area contributed by atoms with Crippen LogP contribution in [-0.2, 0) is 11.0 Å². The number of thioether (sulfide) groups is 1. The van der Waals surface area contributed by atoms with E-state index in [2.05, 4.69) is 5.32 Å². The summed E-state index contributed by atoms with van der Waals surface area (Å²) >= 11 is 1.05. The standard InChI is InChI=1S/C17H14F3NOS/c1-12-5-7-14(8-6-12)21-16(22)9-10-23-15-4-2-3-13(11-15)17(18,19)20/h2-11H,1H3,(H,21,22)/b10-9-. The van der Waals surface area contributed by atoms with Gasteiger partial charge < -0.3 is 5.32 Å². The van der Waals surface area contributed by atoms with E-state index in [0.717, 1.165) is 29.5 Å². The first-order valence-corrected chi connectivity index (χ1v) is 7.61. The van der Waals surface area contributed by atoms with Crippen LogP contribution in [0.2, 0.25) is 0 Å². The molecule has 0 saturated carbocycles. The Kier molecular flexibility index (Phi) is 5.50. The van der Waals surface area contributed by atoms with Gasteiger partial charge in [-0.25, -0.2) is 0 Å². The van der Waals surface area contributed by atoms with Crippen molar-refractivity contribution < 1.29 is 18.0 Å². The predicted molar refractivity (Wildman–Crippen MR) is 86.2 cm³/mol. The molecule has 2 rings (SSSR count). The fourth-order valence-electron chi connectivity index (χ4n) is 1.74. The maximum atomic E-state index is 12.6. The Morgan fingerprint density at radius 2 is 1.83 bits per heavy atom. The molecule has 1 N–H and O–H groups in total. The van der Waals surface area contributed by atoms with Gasteiger partial charge in [-0.2, -0.15) is 13.2 Å². The number of nitrogens with one attached hydrogen (secondary N) is 1. The second kappa shape index (κ2) is 7.37. The van der Waals surface area contributed by atoms with Crippen LogP contribution < -0.4 is 5.32 Å². The molecule has 0 bridgehead atoms. The average Bonchev–Trinajstić information content (AvgIpc) is 2.49. The Morgan fingerprint density at radius 1 is 1.13 bits per heavy atom. The van der Waals surface area contributed by atoms with Crippen molar-refractivity contribution in [2.45, 2.75) is 18.0 Å². The van der Waals surface area contributed by atoms with Crippen LogP contribution in [0.15, 0.2) is 64.9 Å². The van der Waals surface area contributed by atoms with Crippen molar-refractivity contribution in [3.05, 3.63) is 71.1 Å². The van der Waals surface area contributed by atoms with Crippen LogP contribution >= 0.6 is 11.8 Å². The number of aryl methyl sites for hydroxylation is 1. The molecule has 6 heteroatoms. The monoisotopic (exact) mass is 337 g/mol. The van der Waals surface area contributed by atoms with Crippen molar-refractivity contribution in [1.29, 1.82) is 0 Å². The van der Waals surface area contributed by atoms with Crippen molar-refractivity contribution in [2.24, 2.45) is 0 Å². The van der Waals surface area contributed by atoms with Crippen molar-refractivity contribution >= 4 is 23.4 Å². The molecule has 23 heavy (non-hydrogen) atoms. The summed E-state index contributed by atoms with van der Waals surface area (Å²) in [6.45, 7) is 1.94. The molecule has 0 unspecified atom stereocenters. The van der Waals surface area contributed by atoms with Gasteiger partial charge in [-0.05, 0) is 42.7 Å². The van der Waals surface area contributed by atoms with Gasteiger partial charge in [0.05, 0.1) is 5.56 Å². The Balaban J connectivity index is 1.93. The summed E-state index contributed by atoms with van der Waals surface area (Å²) in [5.41, 5.74) is 1.04. The third-order valence-electron chi connectivity index (χ3n) is 2.90. The molecule has 2 aromatic carbocycles. The van der Waals surface area contributed by atoms with Crippen LogP contribution in [0.1, 0.15) is 11.1 Å². The number of hydrogen-bond acceptors (Lipinski definition) is 2. The minimum atomic E-state index is -4.37. The van der Waals surface area contributed by atoms with Gasteiger partial charge in [-0.3, -0.25) is 4.79 Å². The summed E-state index contributed by atoms with van der Waals surface area (Å²) in [6, 6.07) is 12.3. The Morgan fingerprint density at radius 3 is 2.48 bits per heavy atom. The zero-order valence-corrected chi connectivity index (χ0v) is 13.0. The molecule has 0 heterocycles. The minimum absolute atomic E-state index is 0.340. The first kappa shape index (κ1) is 17.1. The maximum Gasteiger partial charge on any atom is 0.416 e. The van der Waals surface area contributed by atoms with Gasteiger partial charge in [0, 0.05) is 16.7 Å². The van der Waals surface area contributed by atoms with Crippen molar-refractivity contribution in [3.8, 4) is 0 Å². The van der Waals surface area contributed by atoms with E-state index in [1.165, 1.54) is 17.6 Å². The Hall–Kier alpha value is -2.21. The second-order valence-electron chi connectivity index (χ2n) is 4.80. The van der Waals surface area contributed by atoms with Crippen LogP contribution in [0, 0.1) is 6.92 Å².